The lowest BCUT2D eigenvalue weighted by Crippen LogP contribution is -1.99. The molecule has 0 atom stereocenters. The van der Waals surface area contributed by atoms with Crippen LogP contribution in [0.3, 0.4) is 0 Å². The largest absolute Gasteiger partial charge is 0.300 e. The number of carbonyl (C=O) groups excluding carboxylic acids is 1. The molecule has 0 radical (unpaired) electrons. The Morgan fingerprint density at radius 1 is 1.12 bits per heavy atom. The molecule has 0 saturated carbocycles. The molecule has 0 aromatic carbocycles. The standard InChI is InChI=1S/C17H14N6O/c1-11-20-17(22(2)21-11)15-4-3-14(9-18-15)23-6-5-13-7-12(10-24)8-19-16(13)23/h3-10H,1-2H3. The second-order valence-corrected chi connectivity index (χ2v) is 5.49. The molecule has 0 unspecified atom stereocenters. The van der Waals surface area contributed by atoms with Crippen molar-refractivity contribution in [3.8, 4) is 17.2 Å². The summed E-state index contributed by atoms with van der Waals surface area (Å²) in [6.07, 6.45) is 6.04. The molecule has 0 spiro atoms. The van der Waals surface area contributed by atoms with Gasteiger partial charge in [-0.2, -0.15) is 5.10 Å². The molecule has 0 fully saturated rings. The molecule has 4 rings (SSSR count). The Bertz CT molecular complexity index is 1040. The van der Waals surface area contributed by atoms with E-state index in [0.29, 0.717) is 11.4 Å². The van der Waals surface area contributed by atoms with Crippen LogP contribution in [0.15, 0.2) is 42.9 Å². The Labute approximate surface area is 137 Å². The summed E-state index contributed by atoms with van der Waals surface area (Å²) >= 11 is 0. The van der Waals surface area contributed by atoms with Crippen LogP contribution in [0.4, 0.5) is 0 Å². The lowest BCUT2D eigenvalue weighted by molar-refractivity contribution is 0.112. The number of pyridine rings is 2. The summed E-state index contributed by atoms with van der Waals surface area (Å²) < 4.78 is 3.65. The van der Waals surface area contributed by atoms with Gasteiger partial charge in [0.15, 0.2) is 12.1 Å². The average Bonchev–Trinajstić information content (AvgIpc) is 3.17. The van der Waals surface area contributed by atoms with E-state index in [0.717, 1.165) is 34.5 Å². The number of fused-ring (bicyclic) bond motifs is 1. The van der Waals surface area contributed by atoms with Crippen molar-refractivity contribution >= 4 is 17.3 Å². The molecule has 0 aliphatic carbocycles. The van der Waals surface area contributed by atoms with Gasteiger partial charge >= 0.3 is 0 Å². The molecule has 0 saturated heterocycles. The van der Waals surface area contributed by atoms with Gasteiger partial charge in [-0.1, -0.05) is 0 Å². The molecule has 0 aliphatic rings. The highest BCUT2D eigenvalue weighted by atomic mass is 16.1. The van der Waals surface area contributed by atoms with Gasteiger partial charge in [-0.25, -0.2) is 14.6 Å². The van der Waals surface area contributed by atoms with Crippen molar-refractivity contribution < 1.29 is 4.79 Å². The minimum atomic E-state index is 0.561. The lowest BCUT2D eigenvalue weighted by atomic mass is 10.2. The first-order valence-electron chi connectivity index (χ1n) is 7.42. The number of rotatable bonds is 3. The maximum absolute atomic E-state index is 10.9. The Morgan fingerprint density at radius 2 is 2.00 bits per heavy atom. The minimum Gasteiger partial charge on any atom is -0.300 e. The van der Waals surface area contributed by atoms with Crippen LogP contribution in [0.1, 0.15) is 16.2 Å². The number of aryl methyl sites for hydroxylation is 2. The Balaban J connectivity index is 1.75. The number of nitrogens with zero attached hydrogens (tertiary/aromatic N) is 6. The highest BCUT2D eigenvalue weighted by molar-refractivity contribution is 5.85. The number of aldehydes is 1. The highest BCUT2D eigenvalue weighted by Gasteiger charge is 2.10. The maximum atomic E-state index is 10.9. The topological polar surface area (TPSA) is 78.5 Å². The summed E-state index contributed by atoms with van der Waals surface area (Å²) in [5.41, 5.74) is 2.99. The molecule has 0 bridgehead atoms. The van der Waals surface area contributed by atoms with Crippen molar-refractivity contribution in [2.45, 2.75) is 6.92 Å². The van der Waals surface area contributed by atoms with Gasteiger partial charge in [-0.3, -0.25) is 14.3 Å². The molecule has 0 N–H and O–H groups in total. The van der Waals surface area contributed by atoms with E-state index in [2.05, 4.69) is 20.1 Å². The van der Waals surface area contributed by atoms with Crippen LogP contribution in [0.5, 0.6) is 0 Å². The third-order valence-corrected chi connectivity index (χ3v) is 3.81. The fraction of sp³-hybridized carbons (Fsp3) is 0.118. The smallest absolute Gasteiger partial charge is 0.176 e. The van der Waals surface area contributed by atoms with E-state index >= 15 is 0 Å². The zero-order valence-corrected chi connectivity index (χ0v) is 13.2. The van der Waals surface area contributed by atoms with Gasteiger partial charge in [0.25, 0.3) is 0 Å². The fourth-order valence-corrected chi connectivity index (χ4v) is 2.71. The van der Waals surface area contributed by atoms with Gasteiger partial charge in [-0.05, 0) is 31.2 Å². The number of aromatic nitrogens is 6. The van der Waals surface area contributed by atoms with E-state index in [4.69, 9.17) is 0 Å². The monoisotopic (exact) mass is 318 g/mol. The van der Waals surface area contributed by atoms with Crippen LogP contribution >= 0.6 is 0 Å². The van der Waals surface area contributed by atoms with Gasteiger partial charge in [0.2, 0.25) is 0 Å². The van der Waals surface area contributed by atoms with Crippen LogP contribution in [0, 0.1) is 6.92 Å². The zero-order valence-electron chi connectivity index (χ0n) is 13.2. The van der Waals surface area contributed by atoms with E-state index < -0.39 is 0 Å². The third kappa shape index (κ3) is 2.26. The second kappa shape index (κ2) is 5.38. The van der Waals surface area contributed by atoms with Crippen LogP contribution in [-0.2, 0) is 7.05 Å². The van der Waals surface area contributed by atoms with Crippen molar-refractivity contribution in [1.29, 1.82) is 0 Å². The number of hydrogen-bond donors (Lipinski definition) is 0. The van der Waals surface area contributed by atoms with Crippen LogP contribution < -0.4 is 0 Å². The predicted octanol–water partition coefficient (Wildman–Crippen LogP) is 2.34. The van der Waals surface area contributed by atoms with Crippen molar-refractivity contribution in [3.63, 3.8) is 0 Å². The summed E-state index contributed by atoms with van der Waals surface area (Å²) in [6, 6.07) is 7.61. The summed E-state index contributed by atoms with van der Waals surface area (Å²) in [7, 11) is 1.85. The van der Waals surface area contributed by atoms with Crippen molar-refractivity contribution in [3.05, 3.63) is 54.2 Å². The second-order valence-electron chi connectivity index (χ2n) is 5.49. The van der Waals surface area contributed by atoms with Gasteiger partial charge in [-0.15, -0.1) is 0 Å². The Kier molecular flexibility index (Phi) is 3.19. The third-order valence-electron chi connectivity index (χ3n) is 3.81. The van der Waals surface area contributed by atoms with Gasteiger partial charge in [0.05, 0.1) is 11.9 Å². The molecule has 4 heterocycles. The molecule has 0 aliphatic heterocycles. The number of hydrogen-bond acceptors (Lipinski definition) is 5. The predicted molar refractivity (Wildman–Crippen MR) is 89.0 cm³/mol. The molecular weight excluding hydrogens is 304 g/mol. The molecule has 7 nitrogen and oxygen atoms in total. The molecular formula is C17H14N6O. The maximum Gasteiger partial charge on any atom is 0.176 e. The fourth-order valence-electron chi connectivity index (χ4n) is 2.71. The van der Waals surface area contributed by atoms with E-state index in [9.17, 15) is 4.79 Å². The minimum absolute atomic E-state index is 0.561. The number of carbonyl (C=O) groups is 1. The van der Waals surface area contributed by atoms with E-state index in [1.54, 1.807) is 17.1 Å². The zero-order chi connectivity index (χ0) is 16.7. The van der Waals surface area contributed by atoms with Gasteiger partial charge in [0, 0.05) is 30.4 Å². The average molecular weight is 318 g/mol. The Hall–Kier alpha value is -3.35. The molecule has 24 heavy (non-hydrogen) atoms. The summed E-state index contributed by atoms with van der Waals surface area (Å²) in [4.78, 5) is 24.1. The summed E-state index contributed by atoms with van der Waals surface area (Å²) in [5, 5.41) is 5.15. The SMILES string of the molecule is Cc1nc(-c2ccc(-n3ccc4cc(C=O)cnc43)cn2)n(C)n1. The Morgan fingerprint density at radius 3 is 2.67 bits per heavy atom. The molecule has 0 amide bonds. The van der Waals surface area contributed by atoms with E-state index in [1.165, 1.54) is 0 Å². The van der Waals surface area contributed by atoms with Crippen LogP contribution in [-0.4, -0.2) is 35.6 Å². The van der Waals surface area contributed by atoms with E-state index in [1.807, 2.05) is 49.0 Å². The quantitative estimate of drug-likeness (QED) is 0.542. The normalized spacial score (nSPS) is 11.1. The van der Waals surface area contributed by atoms with Crippen LogP contribution in [0.25, 0.3) is 28.2 Å². The van der Waals surface area contributed by atoms with Crippen molar-refractivity contribution in [1.82, 2.24) is 29.3 Å². The molecule has 4 aromatic heterocycles. The van der Waals surface area contributed by atoms with Crippen molar-refractivity contribution in [2.75, 3.05) is 0 Å². The first kappa shape index (κ1) is 14.3. The first-order chi connectivity index (χ1) is 11.7. The van der Waals surface area contributed by atoms with E-state index in [-0.39, 0.29) is 0 Å². The summed E-state index contributed by atoms with van der Waals surface area (Å²) in [6.45, 7) is 1.85. The molecule has 4 aromatic rings. The van der Waals surface area contributed by atoms with Crippen molar-refractivity contribution in [2.24, 2.45) is 7.05 Å². The van der Waals surface area contributed by atoms with Gasteiger partial charge < -0.3 is 0 Å². The summed E-state index contributed by atoms with van der Waals surface area (Å²) in [5.74, 6) is 1.44. The van der Waals surface area contributed by atoms with Crippen LogP contribution in [0.2, 0.25) is 0 Å². The van der Waals surface area contributed by atoms with Gasteiger partial charge in [0.1, 0.15) is 17.2 Å². The molecule has 118 valence electrons. The highest BCUT2D eigenvalue weighted by Crippen LogP contribution is 2.21. The first-order valence-corrected chi connectivity index (χ1v) is 7.42. The molecule has 7 heteroatoms. The lowest BCUT2D eigenvalue weighted by Gasteiger charge is -2.06.